The lowest BCUT2D eigenvalue weighted by Crippen LogP contribution is -2.26. The first-order chi connectivity index (χ1) is 6.83. The highest BCUT2D eigenvalue weighted by molar-refractivity contribution is 5.88. The molecule has 0 saturated carbocycles. The van der Waals surface area contributed by atoms with Crippen LogP contribution in [0.15, 0.2) is 23.2 Å². The molecule has 2 heteroatoms. The van der Waals surface area contributed by atoms with Crippen molar-refractivity contribution in [1.29, 1.82) is 0 Å². The molecular weight excluding hydrogens is 172 g/mol. The van der Waals surface area contributed by atoms with E-state index >= 15 is 0 Å². The van der Waals surface area contributed by atoms with Gasteiger partial charge in [0.05, 0.1) is 5.69 Å². The van der Waals surface area contributed by atoms with Crippen molar-refractivity contribution in [3.63, 3.8) is 0 Å². The molecule has 0 aliphatic carbocycles. The second kappa shape index (κ2) is 2.84. The second-order valence-corrected chi connectivity index (χ2v) is 4.19. The van der Waals surface area contributed by atoms with E-state index in [1.807, 2.05) is 0 Å². The van der Waals surface area contributed by atoms with Gasteiger partial charge >= 0.3 is 0 Å². The quantitative estimate of drug-likeness (QED) is 0.608. The topological polar surface area (TPSA) is 15.6 Å². The van der Waals surface area contributed by atoms with Crippen LogP contribution in [0.2, 0.25) is 0 Å². The van der Waals surface area contributed by atoms with E-state index in [4.69, 9.17) is 4.99 Å². The van der Waals surface area contributed by atoms with E-state index in [1.165, 1.54) is 35.6 Å². The minimum absolute atomic E-state index is 1.07. The molecule has 1 fully saturated rings. The van der Waals surface area contributed by atoms with Crippen LogP contribution in [0.5, 0.6) is 0 Å². The maximum Gasteiger partial charge on any atom is 0.105 e. The van der Waals surface area contributed by atoms with Gasteiger partial charge < -0.3 is 4.90 Å². The molecule has 3 rings (SSSR count). The zero-order valence-corrected chi connectivity index (χ0v) is 8.45. The van der Waals surface area contributed by atoms with Gasteiger partial charge in [0.1, 0.15) is 5.84 Å². The first-order valence-electron chi connectivity index (χ1n) is 5.25. The molecule has 1 aromatic carbocycles. The molecule has 0 spiro atoms. The van der Waals surface area contributed by atoms with Crippen LogP contribution < -0.4 is 0 Å². The van der Waals surface area contributed by atoms with E-state index in [2.05, 4.69) is 30.0 Å². The standard InChI is InChI=1S/C12H14N2/c1-9-4-5-11-10(7-9)8-14-6-2-3-12(14)13-11/h4-5,7H,2-3,6,8H2,1H3. The SMILES string of the molecule is Cc1ccc2c(c1)CN1CCCC1=N2. The van der Waals surface area contributed by atoms with Crippen molar-refractivity contribution < 1.29 is 0 Å². The second-order valence-electron chi connectivity index (χ2n) is 4.19. The molecule has 0 unspecified atom stereocenters. The van der Waals surface area contributed by atoms with Crippen molar-refractivity contribution >= 4 is 11.5 Å². The summed E-state index contributed by atoms with van der Waals surface area (Å²) < 4.78 is 0. The largest absolute Gasteiger partial charge is 0.356 e. The van der Waals surface area contributed by atoms with Crippen LogP contribution in [0.3, 0.4) is 0 Å². The maximum absolute atomic E-state index is 4.69. The number of nitrogens with zero attached hydrogens (tertiary/aromatic N) is 2. The maximum atomic E-state index is 4.69. The minimum atomic E-state index is 1.07. The van der Waals surface area contributed by atoms with Crippen LogP contribution in [0, 0.1) is 6.92 Å². The van der Waals surface area contributed by atoms with Crippen LogP contribution in [-0.2, 0) is 6.54 Å². The molecule has 2 aliphatic rings. The van der Waals surface area contributed by atoms with Crippen LogP contribution in [0.25, 0.3) is 0 Å². The minimum Gasteiger partial charge on any atom is -0.356 e. The summed E-state index contributed by atoms with van der Waals surface area (Å²) in [4.78, 5) is 7.10. The van der Waals surface area contributed by atoms with Gasteiger partial charge in [0.2, 0.25) is 0 Å². The van der Waals surface area contributed by atoms with Gasteiger partial charge in [-0.25, -0.2) is 4.99 Å². The lowest BCUT2D eigenvalue weighted by atomic mass is 10.1. The van der Waals surface area contributed by atoms with Crippen molar-refractivity contribution in [2.45, 2.75) is 26.3 Å². The zero-order chi connectivity index (χ0) is 9.54. The van der Waals surface area contributed by atoms with E-state index in [1.54, 1.807) is 0 Å². The van der Waals surface area contributed by atoms with E-state index in [0.29, 0.717) is 0 Å². The average Bonchev–Trinajstić information content (AvgIpc) is 2.61. The Balaban J connectivity index is 2.09. The first kappa shape index (κ1) is 8.04. The summed E-state index contributed by atoms with van der Waals surface area (Å²) in [6.45, 7) is 4.39. The highest BCUT2D eigenvalue weighted by Crippen LogP contribution is 2.30. The summed E-state index contributed by atoms with van der Waals surface area (Å²) in [5, 5.41) is 0. The van der Waals surface area contributed by atoms with Crippen molar-refractivity contribution in [3.05, 3.63) is 29.3 Å². The van der Waals surface area contributed by atoms with E-state index in [-0.39, 0.29) is 0 Å². The number of hydrogen-bond donors (Lipinski definition) is 0. The molecule has 0 atom stereocenters. The van der Waals surface area contributed by atoms with Gasteiger partial charge in [-0.1, -0.05) is 17.7 Å². The smallest absolute Gasteiger partial charge is 0.105 e. The Labute approximate surface area is 84.3 Å². The predicted octanol–water partition coefficient (Wildman–Crippen LogP) is 2.63. The van der Waals surface area contributed by atoms with Gasteiger partial charge in [0, 0.05) is 19.5 Å². The molecule has 0 radical (unpaired) electrons. The highest BCUT2D eigenvalue weighted by Gasteiger charge is 2.23. The summed E-state index contributed by atoms with van der Waals surface area (Å²) in [6, 6.07) is 6.55. The van der Waals surface area contributed by atoms with E-state index < -0.39 is 0 Å². The molecule has 2 heterocycles. The predicted molar refractivity (Wildman–Crippen MR) is 57.9 cm³/mol. The summed E-state index contributed by atoms with van der Waals surface area (Å²) in [7, 11) is 0. The van der Waals surface area contributed by atoms with Gasteiger partial charge in [0.15, 0.2) is 0 Å². The van der Waals surface area contributed by atoms with Crippen LogP contribution in [0.1, 0.15) is 24.0 Å². The monoisotopic (exact) mass is 186 g/mol. The summed E-state index contributed by atoms with van der Waals surface area (Å²) in [6.07, 6.45) is 2.43. The van der Waals surface area contributed by atoms with Crippen LogP contribution >= 0.6 is 0 Å². The van der Waals surface area contributed by atoms with Crippen LogP contribution in [0.4, 0.5) is 5.69 Å². The highest BCUT2D eigenvalue weighted by atomic mass is 15.2. The molecule has 2 aliphatic heterocycles. The number of hydrogen-bond acceptors (Lipinski definition) is 2. The number of amidine groups is 1. The molecule has 0 bridgehead atoms. The molecule has 0 N–H and O–H groups in total. The Bertz CT molecular complexity index is 407. The number of aliphatic imine (C=N–C) groups is 1. The van der Waals surface area contributed by atoms with E-state index in [0.717, 1.165) is 13.0 Å². The number of aryl methyl sites for hydroxylation is 1. The fourth-order valence-electron chi connectivity index (χ4n) is 2.31. The van der Waals surface area contributed by atoms with Gasteiger partial charge in [-0.2, -0.15) is 0 Å². The third kappa shape index (κ3) is 1.14. The van der Waals surface area contributed by atoms with Crippen molar-refractivity contribution in [1.82, 2.24) is 4.90 Å². The Morgan fingerprint density at radius 2 is 2.29 bits per heavy atom. The van der Waals surface area contributed by atoms with Gasteiger partial charge in [-0.3, -0.25) is 0 Å². The number of benzene rings is 1. The number of rotatable bonds is 0. The summed E-state index contributed by atoms with van der Waals surface area (Å²) in [5.41, 5.74) is 3.90. The van der Waals surface area contributed by atoms with Crippen molar-refractivity contribution in [3.8, 4) is 0 Å². The summed E-state index contributed by atoms with van der Waals surface area (Å²) in [5.74, 6) is 1.29. The molecular formula is C12H14N2. The lowest BCUT2D eigenvalue weighted by molar-refractivity contribution is 0.443. The molecule has 1 aromatic rings. The number of fused-ring (bicyclic) bond motifs is 2. The van der Waals surface area contributed by atoms with E-state index in [9.17, 15) is 0 Å². The Hall–Kier alpha value is -1.31. The van der Waals surface area contributed by atoms with Crippen molar-refractivity contribution in [2.24, 2.45) is 4.99 Å². The normalized spacial score (nSPS) is 18.9. The third-order valence-corrected chi connectivity index (χ3v) is 3.04. The molecule has 1 saturated heterocycles. The van der Waals surface area contributed by atoms with Crippen molar-refractivity contribution in [2.75, 3.05) is 6.54 Å². The third-order valence-electron chi connectivity index (χ3n) is 3.04. The molecule has 2 nitrogen and oxygen atoms in total. The van der Waals surface area contributed by atoms with Gasteiger partial charge in [-0.15, -0.1) is 0 Å². The molecule has 0 aromatic heterocycles. The first-order valence-corrected chi connectivity index (χ1v) is 5.25. The lowest BCUT2D eigenvalue weighted by Gasteiger charge is -2.24. The fraction of sp³-hybridized carbons (Fsp3) is 0.417. The molecule has 0 amide bonds. The fourth-order valence-corrected chi connectivity index (χ4v) is 2.31. The van der Waals surface area contributed by atoms with Crippen LogP contribution in [-0.4, -0.2) is 17.3 Å². The van der Waals surface area contributed by atoms with Gasteiger partial charge in [0.25, 0.3) is 0 Å². The molecule has 14 heavy (non-hydrogen) atoms. The zero-order valence-electron chi connectivity index (χ0n) is 8.45. The Morgan fingerprint density at radius 1 is 1.36 bits per heavy atom. The Morgan fingerprint density at radius 3 is 3.21 bits per heavy atom. The van der Waals surface area contributed by atoms with Gasteiger partial charge in [-0.05, 0) is 25.0 Å². The average molecular weight is 186 g/mol. The molecule has 72 valence electrons. The summed E-state index contributed by atoms with van der Waals surface area (Å²) >= 11 is 0. The Kier molecular flexibility index (Phi) is 1.63.